The molecule has 0 unspecified atom stereocenters. The Balaban J connectivity index is 2.50. The third-order valence-corrected chi connectivity index (χ3v) is 2.47. The first-order valence-electron chi connectivity index (χ1n) is 5.49. The average molecular weight is 295 g/mol. The lowest BCUT2D eigenvalue weighted by Crippen LogP contribution is -2.06. The van der Waals surface area contributed by atoms with Crippen molar-refractivity contribution < 1.29 is 23.6 Å². The molecular formula is C12H7F2N3O4. The SMILES string of the molecule is O=C(O)c1ccc([N+](=O)[O-])c(Nc2cc(F)ccc2F)n1. The van der Waals surface area contributed by atoms with E-state index in [2.05, 4.69) is 10.3 Å². The zero-order valence-corrected chi connectivity index (χ0v) is 10.2. The zero-order valence-electron chi connectivity index (χ0n) is 10.2. The fourth-order valence-corrected chi connectivity index (χ4v) is 1.53. The Kier molecular flexibility index (Phi) is 3.74. The average Bonchev–Trinajstić information content (AvgIpc) is 2.42. The molecule has 2 aromatic rings. The molecule has 1 heterocycles. The number of nitrogens with one attached hydrogen (secondary N) is 1. The molecule has 0 radical (unpaired) electrons. The molecule has 0 bridgehead atoms. The fourth-order valence-electron chi connectivity index (χ4n) is 1.53. The highest BCUT2D eigenvalue weighted by atomic mass is 19.1. The van der Waals surface area contributed by atoms with Crippen molar-refractivity contribution in [3.63, 3.8) is 0 Å². The monoisotopic (exact) mass is 295 g/mol. The van der Waals surface area contributed by atoms with E-state index < -0.39 is 45.4 Å². The summed E-state index contributed by atoms with van der Waals surface area (Å²) in [6, 6.07) is 4.32. The minimum absolute atomic E-state index is 0.395. The van der Waals surface area contributed by atoms with E-state index in [1.54, 1.807) is 0 Å². The zero-order chi connectivity index (χ0) is 15.6. The van der Waals surface area contributed by atoms with Crippen LogP contribution in [0.2, 0.25) is 0 Å². The highest BCUT2D eigenvalue weighted by Gasteiger charge is 2.19. The molecule has 108 valence electrons. The first-order chi connectivity index (χ1) is 9.88. The number of carboxylic acid groups (broad SMARTS) is 1. The van der Waals surface area contributed by atoms with Crippen LogP contribution in [0, 0.1) is 21.7 Å². The molecule has 2 N–H and O–H groups in total. The lowest BCUT2D eigenvalue weighted by atomic mass is 10.2. The normalized spacial score (nSPS) is 10.2. The number of rotatable bonds is 4. The number of hydrogen-bond donors (Lipinski definition) is 2. The van der Waals surface area contributed by atoms with E-state index in [0.717, 1.165) is 30.3 Å². The summed E-state index contributed by atoms with van der Waals surface area (Å²) in [4.78, 5) is 24.4. The van der Waals surface area contributed by atoms with E-state index in [1.165, 1.54) is 0 Å². The van der Waals surface area contributed by atoms with Crippen molar-refractivity contribution in [2.24, 2.45) is 0 Å². The topological polar surface area (TPSA) is 105 Å². The quantitative estimate of drug-likeness (QED) is 0.663. The summed E-state index contributed by atoms with van der Waals surface area (Å²) in [6.45, 7) is 0. The van der Waals surface area contributed by atoms with Crippen molar-refractivity contribution in [1.29, 1.82) is 0 Å². The van der Waals surface area contributed by atoms with Gasteiger partial charge in [0.05, 0.1) is 10.6 Å². The second kappa shape index (κ2) is 5.49. The number of benzene rings is 1. The van der Waals surface area contributed by atoms with Gasteiger partial charge in [0.2, 0.25) is 5.82 Å². The summed E-state index contributed by atoms with van der Waals surface area (Å²) in [5.41, 5.74) is -1.43. The minimum atomic E-state index is -1.41. The Bertz CT molecular complexity index is 736. The van der Waals surface area contributed by atoms with Crippen LogP contribution < -0.4 is 5.32 Å². The van der Waals surface area contributed by atoms with Crippen LogP contribution in [0.1, 0.15) is 10.5 Å². The number of carbonyl (C=O) groups is 1. The summed E-state index contributed by atoms with van der Waals surface area (Å²) in [5, 5.41) is 21.9. The van der Waals surface area contributed by atoms with E-state index in [-0.39, 0.29) is 0 Å². The van der Waals surface area contributed by atoms with Crippen molar-refractivity contribution in [2.75, 3.05) is 5.32 Å². The van der Waals surface area contributed by atoms with Crippen molar-refractivity contribution in [2.45, 2.75) is 0 Å². The minimum Gasteiger partial charge on any atom is -0.477 e. The fraction of sp³-hybridized carbons (Fsp3) is 0. The summed E-state index contributed by atoms with van der Waals surface area (Å²) >= 11 is 0. The van der Waals surface area contributed by atoms with E-state index >= 15 is 0 Å². The maximum absolute atomic E-state index is 13.5. The number of carboxylic acids is 1. The van der Waals surface area contributed by atoms with Crippen LogP contribution in [0.25, 0.3) is 0 Å². The lowest BCUT2D eigenvalue weighted by molar-refractivity contribution is -0.384. The maximum atomic E-state index is 13.5. The predicted octanol–water partition coefficient (Wildman–Crippen LogP) is 2.71. The first kappa shape index (κ1) is 14.3. The van der Waals surface area contributed by atoms with Gasteiger partial charge in [-0.2, -0.15) is 0 Å². The Morgan fingerprint density at radius 3 is 2.62 bits per heavy atom. The number of aromatic carboxylic acids is 1. The van der Waals surface area contributed by atoms with Crippen LogP contribution >= 0.6 is 0 Å². The molecule has 21 heavy (non-hydrogen) atoms. The van der Waals surface area contributed by atoms with Gasteiger partial charge in [-0.3, -0.25) is 10.1 Å². The molecule has 0 saturated heterocycles. The number of nitro groups is 1. The molecule has 0 fully saturated rings. The molecule has 0 aliphatic carbocycles. The first-order valence-corrected chi connectivity index (χ1v) is 5.49. The van der Waals surface area contributed by atoms with Gasteiger partial charge in [-0.05, 0) is 18.2 Å². The van der Waals surface area contributed by atoms with Gasteiger partial charge in [-0.15, -0.1) is 0 Å². The van der Waals surface area contributed by atoms with Gasteiger partial charge in [0.15, 0.2) is 5.69 Å². The van der Waals surface area contributed by atoms with E-state index in [9.17, 15) is 23.7 Å². The highest BCUT2D eigenvalue weighted by Crippen LogP contribution is 2.27. The third kappa shape index (κ3) is 3.08. The second-order valence-corrected chi connectivity index (χ2v) is 3.88. The number of halogens is 2. The molecule has 1 aromatic heterocycles. The molecule has 9 heteroatoms. The van der Waals surface area contributed by atoms with Crippen molar-refractivity contribution in [3.8, 4) is 0 Å². The molecule has 0 saturated carbocycles. The number of anilines is 2. The molecular weight excluding hydrogens is 288 g/mol. The molecule has 0 aliphatic heterocycles. The Hall–Kier alpha value is -3.10. The summed E-state index contributed by atoms with van der Waals surface area (Å²) in [6.07, 6.45) is 0. The highest BCUT2D eigenvalue weighted by molar-refractivity contribution is 5.86. The molecule has 0 atom stereocenters. The standard InChI is InChI=1S/C12H7F2N3O4/c13-6-1-2-7(14)9(5-6)16-11-10(17(20)21)4-3-8(15-11)12(18)19/h1-5H,(H,15,16)(H,18,19). The van der Waals surface area contributed by atoms with E-state index in [0.29, 0.717) is 0 Å². The molecule has 2 rings (SSSR count). The van der Waals surface area contributed by atoms with Gasteiger partial charge in [0.25, 0.3) is 0 Å². The number of nitrogens with zero attached hydrogens (tertiary/aromatic N) is 2. The van der Waals surface area contributed by atoms with Crippen molar-refractivity contribution >= 4 is 23.2 Å². The van der Waals surface area contributed by atoms with Gasteiger partial charge in [0, 0.05) is 12.1 Å². The van der Waals surface area contributed by atoms with Gasteiger partial charge in [0.1, 0.15) is 11.6 Å². The number of hydrogen-bond acceptors (Lipinski definition) is 5. The largest absolute Gasteiger partial charge is 0.477 e. The summed E-state index contributed by atoms with van der Waals surface area (Å²) in [7, 11) is 0. The van der Waals surface area contributed by atoms with Crippen LogP contribution in [0.3, 0.4) is 0 Å². The molecule has 1 aromatic carbocycles. The summed E-state index contributed by atoms with van der Waals surface area (Å²) < 4.78 is 26.6. The van der Waals surface area contributed by atoms with E-state index in [1.807, 2.05) is 0 Å². The second-order valence-electron chi connectivity index (χ2n) is 3.88. The van der Waals surface area contributed by atoms with Crippen LogP contribution in [0.15, 0.2) is 30.3 Å². The Labute approximate surface area is 116 Å². The molecule has 0 amide bonds. The van der Waals surface area contributed by atoms with Gasteiger partial charge in [-0.25, -0.2) is 18.6 Å². The van der Waals surface area contributed by atoms with Crippen LogP contribution in [0.4, 0.5) is 26.0 Å². The smallest absolute Gasteiger partial charge is 0.354 e. The maximum Gasteiger partial charge on any atom is 0.354 e. The Morgan fingerprint density at radius 2 is 2.00 bits per heavy atom. The van der Waals surface area contributed by atoms with Gasteiger partial charge < -0.3 is 10.4 Å². The lowest BCUT2D eigenvalue weighted by Gasteiger charge is -2.08. The van der Waals surface area contributed by atoms with Crippen molar-refractivity contribution in [1.82, 2.24) is 4.98 Å². The van der Waals surface area contributed by atoms with Gasteiger partial charge in [-0.1, -0.05) is 0 Å². The molecule has 7 nitrogen and oxygen atoms in total. The predicted molar refractivity (Wildman–Crippen MR) is 67.5 cm³/mol. The van der Waals surface area contributed by atoms with Gasteiger partial charge >= 0.3 is 11.7 Å². The van der Waals surface area contributed by atoms with Crippen LogP contribution in [0.5, 0.6) is 0 Å². The molecule has 0 aliphatic rings. The number of aromatic nitrogens is 1. The third-order valence-electron chi connectivity index (χ3n) is 2.47. The number of pyridine rings is 1. The molecule has 0 spiro atoms. The Morgan fingerprint density at radius 1 is 1.29 bits per heavy atom. The van der Waals surface area contributed by atoms with E-state index in [4.69, 9.17) is 5.11 Å². The summed E-state index contributed by atoms with van der Waals surface area (Å²) in [5.74, 6) is -3.54. The van der Waals surface area contributed by atoms with Crippen molar-refractivity contribution in [3.05, 3.63) is 57.8 Å². The van der Waals surface area contributed by atoms with Crippen LogP contribution in [-0.2, 0) is 0 Å². The van der Waals surface area contributed by atoms with Crippen LogP contribution in [-0.4, -0.2) is 21.0 Å².